The van der Waals surface area contributed by atoms with Gasteiger partial charge in [0, 0.05) is 11.8 Å². The van der Waals surface area contributed by atoms with E-state index in [4.69, 9.17) is 9.52 Å². The fraction of sp³-hybridized carbons (Fsp3) is 0.308. The van der Waals surface area contributed by atoms with Crippen molar-refractivity contribution in [3.8, 4) is 0 Å². The van der Waals surface area contributed by atoms with Crippen LogP contribution in [0.3, 0.4) is 0 Å². The highest BCUT2D eigenvalue weighted by Crippen LogP contribution is 2.23. The first kappa shape index (κ1) is 10.7. The van der Waals surface area contributed by atoms with Crippen molar-refractivity contribution in [3.05, 3.63) is 35.6 Å². The van der Waals surface area contributed by atoms with Crippen molar-refractivity contribution in [1.82, 2.24) is 0 Å². The first-order valence-corrected chi connectivity index (χ1v) is 5.36. The highest BCUT2D eigenvalue weighted by atomic mass is 16.4. The second-order valence-corrected chi connectivity index (χ2v) is 3.94. The number of hydrogen-bond acceptors (Lipinski definition) is 2. The lowest BCUT2D eigenvalue weighted by molar-refractivity contribution is -0.137. The molecule has 0 radical (unpaired) electrons. The molecule has 0 unspecified atom stereocenters. The van der Waals surface area contributed by atoms with E-state index in [2.05, 4.69) is 0 Å². The Bertz CT molecular complexity index is 511. The molecule has 0 saturated heterocycles. The van der Waals surface area contributed by atoms with Crippen LogP contribution in [0, 0.1) is 6.92 Å². The Labute approximate surface area is 93.7 Å². The SMILES string of the molecule is Cc1cc2cccc(CCCC(=O)O)c2o1. The van der Waals surface area contributed by atoms with Crippen molar-refractivity contribution >= 4 is 16.9 Å². The predicted octanol–water partition coefficient (Wildman–Crippen LogP) is 3.15. The molecule has 84 valence electrons. The van der Waals surface area contributed by atoms with E-state index in [0.717, 1.165) is 28.7 Å². The average molecular weight is 218 g/mol. The molecular formula is C13H14O3. The lowest BCUT2D eigenvalue weighted by Crippen LogP contribution is -1.95. The summed E-state index contributed by atoms with van der Waals surface area (Å²) >= 11 is 0. The van der Waals surface area contributed by atoms with Gasteiger partial charge < -0.3 is 9.52 Å². The molecule has 2 rings (SSSR count). The first-order chi connectivity index (χ1) is 7.66. The Morgan fingerprint density at radius 2 is 2.25 bits per heavy atom. The van der Waals surface area contributed by atoms with Crippen molar-refractivity contribution in [2.24, 2.45) is 0 Å². The fourth-order valence-electron chi connectivity index (χ4n) is 1.88. The molecule has 0 spiro atoms. The number of fused-ring (bicyclic) bond motifs is 1. The third-order valence-corrected chi connectivity index (χ3v) is 2.59. The van der Waals surface area contributed by atoms with Crippen LogP contribution in [0.2, 0.25) is 0 Å². The summed E-state index contributed by atoms with van der Waals surface area (Å²) in [5.74, 6) is 0.142. The molecule has 3 nitrogen and oxygen atoms in total. The molecule has 0 aliphatic heterocycles. The monoisotopic (exact) mass is 218 g/mol. The van der Waals surface area contributed by atoms with E-state index in [-0.39, 0.29) is 6.42 Å². The van der Waals surface area contributed by atoms with Gasteiger partial charge in [0.2, 0.25) is 0 Å². The largest absolute Gasteiger partial charge is 0.481 e. The topological polar surface area (TPSA) is 50.4 Å². The normalized spacial score (nSPS) is 10.8. The maximum atomic E-state index is 10.4. The van der Waals surface area contributed by atoms with Crippen molar-refractivity contribution in [2.75, 3.05) is 0 Å². The van der Waals surface area contributed by atoms with Crippen molar-refractivity contribution in [2.45, 2.75) is 26.2 Å². The van der Waals surface area contributed by atoms with Gasteiger partial charge in [0.25, 0.3) is 0 Å². The summed E-state index contributed by atoms with van der Waals surface area (Å²) in [5.41, 5.74) is 1.98. The van der Waals surface area contributed by atoms with E-state index < -0.39 is 5.97 Å². The minimum Gasteiger partial charge on any atom is -0.481 e. The number of para-hydroxylation sites is 1. The number of aliphatic carboxylic acids is 1. The Morgan fingerprint density at radius 3 is 3.00 bits per heavy atom. The zero-order valence-corrected chi connectivity index (χ0v) is 9.19. The van der Waals surface area contributed by atoms with Gasteiger partial charge in [-0.1, -0.05) is 18.2 Å². The molecule has 0 amide bonds. The summed E-state index contributed by atoms with van der Waals surface area (Å²) in [6.45, 7) is 1.92. The van der Waals surface area contributed by atoms with Crippen molar-refractivity contribution in [3.63, 3.8) is 0 Å². The number of carbonyl (C=O) groups is 1. The quantitative estimate of drug-likeness (QED) is 0.857. The van der Waals surface area contributed by atoms with E-state index in [1.54, 1.807) is 0 Å². The van der Waals surface area contributed by atoms with Crippen molar-refractivity contribution in [1.29, 1.82) is 0 Å². The molecule has 0 aliphatic rings. The van der Waals surface area contributed by atoms with Crippen LogP contribution in [0.5, 0.6) is 0 Å². The standard InChI is InChI=1S/C13H14O3/c1-9-8-11-6-2-4-10(13(11)16-9)5-3-7-12(14)15/h2,4,6,8H,3,5,7H2,1H3,(H,14,15). The van der Waals surface area contributed by atoms with Gasteiger partial charge in [-0.15, -0.1) is 0 Å². The number of carboxylic acid groups (broad SMARTS) is 1. The highest BCUT2D eigenvalue weighted by molar-refractivity contribution is 5.81. The van der Waals surface area contributed by atoms with E-state index in [1.807, 2.05) is 31.2 Å². The number of carboxylic acids is 1. The Hall–Kier alpha value is -1.77. The van der Waals surface area contributed by atoms with Gasteiger partial charge in [0.05, 0.1) is 0 Å². The van der Waals surface area contributed by atoms with Crippen LogP contribution < -0.4 is 0 Å². The van der Waals surface area contributed by atoms with Crippen LogP contribution in [0.4, 0.5) is 0 Å². The van der Waals surface area contributed by atoms with E-state index in [9.17, 15) is 4.79 Å². The molecule has 3 heteroatoms. The van der Waals surface area contributed by atoms with Gasteiger partial charge >= 0.3 is 5.97 Å². The van der Waals surface area contributed by atoms with Crippen LogP contribution in [0.1, 0.15) is 24.2 Å². The summed E-state index contributed by atoms with van der Waals surface area (Å²) in [6, 6.07) is 7.98. The van der Waals surface area contributed by atoms with Crippen LogP contribution >= 0.6 is 0 Å². The van der Waals surface area contributed by atoms with Gasteiger partial charge in [0.1, 0.15) is 11.3 Å². The molecular weight excluding hydrogens is 204 g/mol. The zero-order chi connectivity index (χ0) is 11.5. The molecule has 1 aromatic heterocycles. The average Bonchev–Trinajstić information content (AvgIpc) is 2.58. The van der Waals surface area contributed by atoms with Gasteiger partial charge in [-0.2, -0.15) is 0 Å². The molecule has 16 heavy (non-hydrogen) atoms. The maximum Gasteiger partial charge on any atom is 0.303 e. The minimum absolute atomic E-state index is 0.204. The smallest absolute Gasteiger partial charge is 0.303 e. The minimum atomic E-state index is -0.747. The second kappa shape index (κ2) is 4.39. The lowest BCUT2D eigenvalue weighted by atomic mass is 10.1. The van der Waals surface area contributed by atoms with Crippen LogP contribution in [-0.2, 0) is 11.2 Å². The summed E-state index contributed by atoms with van der Waals surface area (Å²) < 4.78 is 5.61. The van der Waals surface area contributed by atoms with Crippen LogP contribution in [0.25, 0.3) is 11.0 Å². The molecule has 0 fully saturated rings. The molecule has 1 heterocycles. The predicted molar refractivity (Wildman–Crippen MR) is 61.5 cm³/mol. The molecule has 0 aliphatic carbocycles. The Kier molecular flexibility index (Phi) is 2.95. The number of rotatable bonds is 4. The van der Waals surface area contributed by atoms with E-state index >= 15 is 0 Å². The number of benzene rings is 1. The van der Waals surface area contributed by atoms with E-state index in [0.29, 0.717) is 6.42 Å². The Morgan fingerprint density at radius 1 is 1.44 bits per heavy atom. The summed E-state index contributed by atoms with van der Waals surface area (Å²) in [7, 11) is 0. The van der Waals surface area contributed by atoms with E-state index in [1.165, 1.54) is 0 Å². The van der Waals surface area contributed by atoms with Gasteiger partial charge in [-0.25, -0.2) is 0 Å². The number of hydrogen-bond donors (Lipinski definition) is 1. The van der Waals surface area contributed by atoms with Crippen LogP contribution in [-0.4, -0.2) is 11.1 Å². The summed E-state index contributed by atoms with van der Waals surface area (Å²) in [4.78, 5) is 10.4. The van der Waals surface area contributed by atoms with Gasteiger partial charge in [-0.3, -0.25) is 4.79 Å². The summed E-state index contributed by atoms with van der Waals surface area (Å²) in [5, 5.41) is 9.67. The zero-order valence-electron chi connectivity index (χ0n) is 9.19. The van der Waals surface area contributed by atoms with Gasteiger partial charge in [-0.05, 0) is 31.4 Å². The Balaban J connectivity index is 2.20. The molecule has 0 saturated carbocycles. The summed E-state index contributed by atoms with van der Waals surface area (Å²) in [6.07, 6.45) is 1.60. The molecule has 2 aromatic rings. The molecule has 1 aromatic carbocycles. The number of furan rings is 1. The highest BCUT2D eigenvalue weighted by Gasteiger charge is 2.06. The third kappa shape index (κ3) is 2.24. The van der Waals surface area contributed by atoms with Gasteiger partial charge in [0.15, 0.2) is 0 Å². The molecule has 0 bridgehead atoms. The molecule has 1 N–H and O–H groups in total. The molecule has 0 atom stereocenters. The van der Waals surface area contributed by atoms with Crippen LogP contribution in [0.15, 0.2) is 28.7 Å². The van der Waals surface area contributed by atoms with Crippen molar-refractivity contribution < 1.29 is 14.3 Å². The maximum absolute atomic E-state index is 10.4. The third-order valence-electron chi connectivity index (χ3n) is 2.59. The lowest BCUT2D eigenvalue weighted by Gasteiger charge is -2.00. The second-order valence-electron chi connectivity index (χ2n) is 3.94. The number of aryl methyl sites for hydroxylation is 2. The first-order valence-electron chi connectivity index (χ1n) is 5.36. The fourth-order valence-corrected chi connectivity index (χ4v) is 1.88.